The van der Waals surface area contributed by atoms with E-state index in [0.29, 0.717) is 24.3 Å². The zero-order chi connectivity index (χ0) is 15.5. The van der Waals surface area contributed by atoms with Gasteiger partial charge in [-0.25, -0.2) is 8.42 Å². The van der Waals surface area contributed by atoms with Crippen LogP contribution in [0.2, 0.25) is 0 Å². The number of aliphatic hydroxyl groups is 1. The van der Waals surface area contributed by atoms with E-state index >= 15 is 0 Å². The Morgan fingerprint density at radius 2 is 1.90 bits per heavy atom. The fourth-order valence-electron chi connectivity index (χ4n) is 2.25. The van der Waals surface area contributed by atoms with Crippen molar-refractivity contribution in [3.8, 4) is 5.75 Å². The van der Waals surface area contributed by atoms with Gasteiger partial charge in [-0.05, 0) is 18.7 Å². The predicted octanol–water partition coefficient (Wildman–Crippen LogP) is 2.71. The molecule has 0 fully saturated rings. The van der Waals surface area contributed by atoms with Gasteiger partial charge < -0.3 is 9.84 Å². The molecule has 0 heterocycles. The van der Waals surface area contributed by atoms with Crippen LogP contribution in [0.1, 0.15) is 25.0 Å². The first kappa shape index (κ1) is 15.8. The molecule has 114 valence electrons. The fourth-order valence-corrected chi connectivity index (χ4v) is 2.89. The Kier molecular flexibility index (Phi) is 4.85. The summed E-state index contributed by atoms with van der Waals surface area (Å²) in [6.45, 7) is 1.99. The molecule has 0 saturated carbocycles. The van der Waals surface area contributed by atoms with Gasteiger partial charge in [0.15, 0.2) is 0 Å². The van der Waals surface area contributed by atoms with Crippen molar-refractivity contribution in [2.45, 2.75) is 19.4 Å². The molecule has 0 spiro atoms. The third-order valence-corrected chi connectivity index (χ3v) is 4.30. The van der Waals surface area contributed by atoms with Crippen molar-refractivity contribution < 1.29 is 18.3 Å². The van der Waals surface area contributed by atoms with Gasteiger partial charge in [-0.3, -0.25) is 0 Å². The second kappa shape index (κ2) is 6.45. The van der Waals surface area contributed by atoms with Crippen LogP contribution in [0, 0.1) is 0 Å². The largest absolute Gasteiger partial charge is 0.493 e. The number of hydrogen-bond donors (Lipinski definition) is 1. The first-order valence-electron chi connectivity index (χ1n) is 6.89. The van der Waals surface area contributed by atoms with Gasteiger partial charge in [0.25, 0.3) is 0 Å². The average Bonchev–Trinajstić information content (AvgIpc) is 2.42. The van der Waals surface area contributed by atoms with E-state index in [2.05, 4.69) is 0 Å². The molecule has 0 bridgehead atoms. The van der Waals surface area contributed by atoms with Gasteiger partial charge in [0.2, 0.25) is 0 Å². The van der Waals surface area contributed by atoms with E-state index in [-0.39, 0.29) is 5.75 Å². The highest BCUT2D eigenvalue weighted by Crippen LogP contribution is 2.33. The van der Waals surface area contributed by atoms with E-state index in [0.717, 1.165) is 10.8 Å². The van der Waals surface area contributed by atoms with Crippen LogP contribution < -0.4 is 4.74 Å². The minimum Gasteiger partial charge on any atom is -0.493 e. The monoisotopic (exact) mass is 308 g/mol. The van der Waals surface area contributed by atoms with Crippen LogP contribution >= 0.6 is 0 Å². The molecule has 21 heavy (non-hydrogen) atoms. The fraction of sp³-hybridized carbons (Fsp3) is 0.375. The Hall–Kier alpha value is -1.59. The molecule has 1 atom stereocenters. The summed E-state index contributed by atoms with van der Waals surface area (Å²) < 4.78 is 28.1. The van der Waals surface area contributed by atoms with Crippen molar-refractivity contribution in [2.75, 3.05) is 18.6 Å². The van der Waals surface area contributed by atoms with Gasteiger partial charge in [0.1, 0.15) is 15.6 Å². The third kappa shape index (κ3) is 4.19. The Morgan fingerprint density at radius 3 is 2.57 bits per heavy atom. The maximum atomic E-state index is 11.1. The molecule has 5 heteroatoms. The third-order valence-electron chi connectivity index (χ3n) is 3.27. The number of ether oxygens (including phenoxy) is 1. The molecule has 2 aromatic carbocycles. The highest BCUT2D eigenvalue weighted by Gasteiger charge is 2.13. The lowest BCUT2D eigenvalue weighted by Crippen LogP contribution is -2.09. The van der Waals surface area contributed by atoms with Crippen LogP contribution in [-0.2, 0) is 9.84 Å². The zero-order valence-corrected chi connectivity index (χ0v) is 13.1. The standard InChI is InChI=1S/C16H20O4S/c1-12(17)14-9-8-13-6-3-4-7-15(13)16(14)20-10-5-11-21(2,18)19/h3-4,6-9,12,17H,5,10-11H2,1-2H3/t12-/m1/s1. The summed E-state index contributed by atoms with van der Waals surface area (Å²) in [6, 6.07) is 11.6. The summed E-state index contributed by atoms with van der Waals surface area (Å²) in [5.41, 5.74) is 0.716. The van der Waals surface area contributed by atoms with Gasteiger partial charge in [0.05, 0.1) is 18.5 Å². The number of fused-ring (bicyclic) bond motifs is 1. The Labute approximate surface area is 125 Å². The molecule has 0 unspecified atom stereocenters. The molecule has 2 aromatic rings. The van der Waals surface area contributed by atoms with E-state index in [1.807, 2.05) is 36.4 Å². The lowest BCUT2D eigenvalue weighted by Gasteiger charge is -2.16. The molecule has 0 saturated heterocycles. The van der Waals surface area contributed by atoms with Gasteiger partial charge in [-0.2, -0.15) is 0 Å². The molecule has 0 aromatic heterocycles. The van der Waals surface area contributed by atoms with Gasteiger partial charge in [-0.15, -0.1) is 0 Å². The van der Waals surface area contributed by atoms with Crippen molar-refractivity contribution in [2.24, 2.45) is 0 Å². The first-order valence-corrected chi connectivity index (χ1v) is 8.95. The van der Waals surface area contributed by atoms with E-state index in [1.54, 1.807) is 6.92 Å². The highest BCUT2D eigenvalue weighted by molar-refractivity contribution is 7.90. The lowest BCUT2D eigenvalue weighted by atomic mass is 10.0. The smallest absolute Gasteiger partial charge is 0.147 e. The summed E-state index contributed by atoms with van der Waals surface area (Å²) in [4.78, 5) is 0. The molecule has 0 aliphatic carbocycles. The molecule has 0 aliphatic rings. The molecule has 0 amide bonds. The van der Waals surface area contributed by atoms with Gasteiger partial charge in [0, 0.05) is 17.2 Å². The number of rotatable bonds is 6. The van der Waals surface area contributed by atoms with E-state index in [1.165, 1.54) is 6.26 Å². The number of benzene rings is 2. The summed E-state index contributed by atoms with van der Waals surface area (Å²) in [5, 5.41) is 11.8. The molecule has 0 aliphatic heterocycles. The Morgan fingerprint density at radius 1 is 1.19 bits per heavy atom. The summed E-state index contributed by atoms with van der Waals surface area (Å²) in [5.74, 6) is 0.735. The quantitative estimate of drug-likeness (QED) is 0.833. The van der Waals surface area contributed by atoms with E-state index < -0.39 is 15.9 Å². The topological polar surface area (TPSA) is 63.6 Å². The molecule has 2 rings (SSSR count). The van der Waals surface area contributed by atoms with Gasteiger partial charge in [-0.1, -0.05) is 36.4 Å². The second-order valence-electron chi connectivity index (χ2n) is 5.21. The summed E-state index contributed by atoms with van der Waals surface area (Å²) in [6.07, 6.45) is 1.01. The SMILES string of the molecule is C[C@@H](O)c1ccc2ccccc2c1OCCCS(C)(=O)=O. The van der Waals surface area contributed by atoms with Crippen molar-refractivity contribution in [1.29, 1.82) is 0 Å². The van der Waals surface area contributed by atoms with Crippen molar-refractivity contribution in [3.05, 3.63) is 42.0 Å². The van der Waals surface area contributed by atoms with E-state index in [4.69, 9.17) is 4.74 Å². The second-order valence-corrected chi connectivity index (χ2v) is 7.47. The molecular weight excluding hydrogens is 288 g/mol. The molecule has 1 N–H and O–H groups in total. The van der Waals surface area contributed by atoms with Crippen LogP contribution in [0.3, 0.4) is 0 Å². The predicted molar refractivity (Wildman–Crippen MR) is 84.4 cm³/mol. The van der Waals surface area contributed by atoms with E-state index in [9.17, 15) is 13.5 Å². The zero-order valence-electron chi connectivity index (χ0n) is 12.2. The van der Waals surface area contributed by atoms with Crippen molar-refractivity contribution >= 4 is 20.6 Å². The molecular formula is C16H20O4S. The van der Waals surface area contributed by atoms with Gasteiger partial charge >= 0.3 is 0 Å². The first-order chi connectivity index (χ1) is 9.88. The number of hydrogen-bond acceptors (Lipinski definition) is 4. The number of aliphatic hydroxyl groups excluding tert-OH is 1. The average molecular weight is 308 g/mol. The minimum atomic E-state index is -2.98. The van der Waals surface area contributed by atoms with Crippen molar-refractivity contribution in [1.82, 2.24) is 0 Å². The Bertz CT molecular complexity index is 720. The minimum absolute atomic E-state index is 0.0990. The van der Waals surface area contributed by atoms with Crippen LogP contribution in [0.4, 0.5) is 0 Å². The number of sulfone groups is 1. The van der Waals surface area contributed by atoms with Crippen LogP contribution in [-0.4, -0.2) is 32.1 Å². The highest BCUT2D eigenvalue weighted by atomic mass is 32.2. The van der Waals surface area contributed by atoms with Crippen LogP contribution in [0.25, 0.3) is 10.8 Å². The Balaban J connectivity index is 2.25. The molecule has 0 radical (unpaired) electrons. The van der Waals surface area contributed by atoms with Crippen molar-refractivity contribution in [3.63, 3.8) is 0 Å². The van der Waals surface area contributed by atoms with Crippen LogP contribution in [0.15, 0.2) is 36.4 Å². The normalized spacial score (nSPS) is 13.3. The summed E-state index contributed by atoms with van der Waals surface area (Å²) >= 11 is 0. The summed E-state index contributed by atoms with van der Waals surface area (Å²) in [7, 11) is -2.98. The van der Waals surface area contributed by atoms with Crippen LogP contribution in [0.5, 0.6) is 5.75 Å². The maximum absolute atomic E-state index is 11.1. The molecule has 4 nitrogen and oxygen atoms in total. The maximum Gasteiger partial charge on any atom is 0.147 e. The lowest BCUT2D eigenvalue weighted by molar-refractivity contribution is 0.192.